The van der Waals surface area contributed by atoms with Crippen molar-refractivity contribution in [2.45, 2.75) is 33.7 Å². The molecule has 0 saturated heterocycles. The maximum atomic E-state index is 13.6. The predicted octanol–water partition coefficient (Wildman–Crippen LogP) is 3.12. The Hall–Kier alpha value is -3.98. The minimum absolute atomic E-state index is 0.208. The van der Waals surface area contributed by atoms with E-state index in [2.05, 4.69) is 4.99 Å². The summed E-state index contributed by atoms with van der Waals surface area (Å²) in [5, 5.41) is 0. The Balaban J connectivity index is 1.84. The van der Waals surface area contributed by atoms with Gasteiger partial charge in [0, 0.05) is 6.92 Å². The molecule has 2 aromatic carbocycles. The number of rotatable bonds is 7. The molecular formula is C27H26N2O6S. The summed E-state index contributed by atoms with van der Waals surface area (Å²) in [7, 11) is 0. The van der Waals surface area contributed by atoms with Crippen molar-refractivity contribution < 1.29 is 23.8 Å². The smallest absolute Gasteiger partial charge is 0.338 e. The normalized spacial score (nSPS) is 15.2. The van der Waals surface area contributed by atoms with Gasteiger partial charge in [-0.3, -0.25) is 14.2 Å². The van der Waals surface area contributed by atoms with E-state index >= 15 is 0 Å². The number of benzene rings is 2. The molecule has 0 unspecified atom stereocenters. The summed E-state index contributed by atoms with van der Waals surface area (Å²) in [5.41, 5.74) is 2.07. The van der Waals surface area contributed by atoms with Crippen LogP contribution < -0.4 is 24.4 Å². The van der Waals surface area contributed by atoms with Crippen LogP contribution in [0.2, 0.25) is 0 Å². The number of allylic oxidation sites excluding steroid dienone is 1. The summed E-state index contributed by atoms with van der Waals surface area (Å²) in [6, 6.07) is 13.5. The monoisotopic (exact) mass is 506 g/mol. The summed E-state index contributed by atoms with van der Waals surface area (Å²) in [5.74, 6) is 0.210. The quantitative estimate of drug-likeness (QED) is 0.361. The highest BCUT2D eigenvalue weighted by Gasteiger charge is 2.33. The summed E-state index contributed by atoms with van der Waals surface area (Å²) in [6.45, 7) is 7.46. The van der Waals surface area contributed by atoms with Gasteiger partial charge in [0.05, 0.1) is 35.1 Å². The van der Waals surface area contributed by atoms with E-state index in [1.54, 1.807) is 48.8 Å². The van der Waals surface area contributed by atoms with Gasteiger partial charge in [-0.25, -0.2) is 9.79 Å². The average Bonchev–Trinajstić information content (AvgIpc) is 3.14. The SMILES string of the molecule is CCOC(=O)C1=C(C)N=c2s/c(=C\c3ccc(OC(C)=O)cc3)c(=O)n2[C@@H]1c1ccc(OCC)cc1. The lowest BCUT2D eigenvalue weighted by Gasteiger charge is -2.24. The molecule has 0 bridgehead atoms. The molecule has 9 heteroatoms. The van der Waals surface area contributed by atoms with Gasteiger partial charge in [0.25, 0.3) is 5.56 Å². The molecular weight excluding hydrogens is 480 g/mol. The molecule has 4 rings (SSSR count). The standard InChI is InChI=1S/C27H26N2O6S/c1-5-33-20-13-9-19(10-14-20)24-23(26(32)34-6-2)16(3)28-27-29(24)25(31)22(36-27)15-18-7-11-21(12-8-18)35-17(4)30/h7-15,24H,5-6H2,1-4H3/b22-15-/t24-/m1/s1. The first-order chi connectivity index (χ1) is 17.3. The number of esters is 2. The van der Waals surface area contributed by atoms with Gasteiger partial charge >= 0.3 is 11.9 Å². The third-order valence-electron chi connectivity index (χ3n) is 5.46. The molecule has 0 N–H and O–H groups in total. The van der Waals surface area contributed by atoms with E-state index in [4.69, 9.17) is 14.2 Å². The van der Waals surface area contributed by atoms with Gasteiger partial charge in [0.15, 0.2) is 4.80 Å². The molecule has 36 heavy (non-hydrogen) atoms. The topological polar surface area (TPSA) is 96.2 Å². The summed E-state index contributed by atoms with van der Waals surface area (Å²) < 4.78 is 18.0. The van der Waals surface area contributed by atoms with E-state index in [1.807, 2.05) is 31.2 Å². The molecule has 1 aliphatic heterocycles. The highest BCUT2D eigenvalue weighted by atomic mass is 32.1. The van der Waals surface area contributed by atoms with Crippen LogP contribution in [0.25, 0.3) is 6.08 Å². The molecule has 1 aliphatic rings. The minimum atomic E-state index is -0.690. The van der Waals surface area contributed by atoms with Crippen molar-refractivity contribution in [1.82, 2.24) is 4.57 Å². The third kappa shape index (κ3) is 5.16. The van der Waals surface area contributed by atoms with Gasteiger partial charge in [-0.1, -0.05) is 35.6 Å². The van der Waals surface area contributed by atoms with Crippen molar-refractivity contribution in [3.05, 3.63) is 90.6 Å². The molecule has 0 spiro atoms. The van der Waals surface area contributed by atoms with Gasteiger partial charge in [-0.05, 0) is 62.2 Å². The number of hydrogen-bond acceptors (Lipinski definition) is 8. The van der Waals surface area contributed by atoms with E-state index in [0.29, 0.717) is 38.7 Å². The second-order valence-electron chi connectivity index (χ2n) is 7.97. The van der Waals surface area contributed by atoms with E-state index in [9.17, 15) is 14.4 Å². The van der Waals surface area contributed by atoms with Crippen molar-refractivity contribution in [3.8, 4) is 11.5 Å². The largest absolute Gasteiger partial charge is 0.494 e. The van der Waals surface area contributed by atoms with E-state index in [0.717, 1.165) is 11.1 Å². The Kier molecular flexibility index (Phi) is 7.49. The average molecular weight is 507 g/mol. The number of carbonyl (C=O) groups is 2. The second-order valence-corrected chi connectivity index (χ2v) is 8.98. The molecule has 0 fully saturated rings. The fourth-order valence-electron chi connectivity index (χ4n) is 3.97. The van der Waals surface area contributed by atoms with Gasteiger partial charge < -0.3 is 14.2 Å². The zero-order valence-electron chi connectivity index (χ0n) is 20.4. The van der Waals surface area contributed by atoms with Crippen LogP contribution in [0, 0.1) is 0 Å². The third-order valence-corrected chi connectivity index (χ3v) is 6.45. The molecule has 1 atom stereocenters. The van der Waals surface area contributed by atoms with E-state index < -0.39 is 18.0 Å². The summed E-state index contributed by atoms with van der Waals surface area (Å²) in [4.78, 5) is 42.8. The number of fused-ring (bicyclic) bond motifs is 1. The Labute approximate surface area is 211 Å². The molecule has 0 radical (unpaired) electrons. The van der Waals surface area contributed by atoms with Crippen LogP contribution in [-0.4, -0.2) is 29.7 Å². The van der Waals surface area contributed by atoms with Gasteiger partial charge in [-0.2, -0.15) is 0 Å². The van der Waals surface area contributed by atoms with Crippen LogP contribution in [0.5, 0.6) is 11.5 Å². The zero-order valence-corrected chi connectivity index (χ0v) is 21.3. The van der Waals surface area contributed by atoms with Gasteiger partial charge in [-0.15, -0.1) is 0 Å². The van der Waals surface area contributed by atoms with Crippen LogP contribution in [0.1, 0.15) is 44.9 Å². The highest BCUT2D eigenvalue weighted by molar-refractivity contribution is 7.07. The minimum Gasteiger partial charge on any atom is -0.494 e. The molecule has 8 nitrogen and oxygen atoms in total. The van der Waals surface area contributed by atoms with Gasteiger partial charge in [0.1, 0.15) is 11.5 Å². The fourth-order valence-corrected chi connectivity index (χ4v) is 5.02. The molecule has 3 aromatic rings. The Morgan fingerprint density at radius 3 is 2.31 bits per heavy atom. The van der Waals surface area contributed by atoms with Crippen LogP contribution in [0.15, 0.2) is 69.6 Å². The molecule has 2 heterocycles. The number of carbonyl (C=O) groups excluding carboxylic acids is 2. The van der Waals surface area contributed by atoms with E-state index in [1.165, 1.54) is 18.3 Å². The Morgan fingerprint density at radius 2 is 1.69 bits per heavy atom. The first-order valence-corrected chi connectivity index (χ1v) is 12.3. The number of thiazole rings is 1. The molecule has 0 saturated carbocycles. The lowest BCUT2D eigenvalue weighted by Crippen LogP contribution is -2.39. The molecule has 0 aliphatic carbocycles. The second kappa shape index (κ2) is 10.7. The Bertz CT molecular complexity index is 1500. The highest BCUT2D eigenvalue weighted by Crippen LogP contribution is 2.31. The lowest BCUT2D eigenvalue weighted by atomic mass is 9.96. The summed E-state index contributed by atoms with van der Waals surface area (Å²) >= 11 is 1.24. The predicted molar refractivity (Wildman–Crippen MR) is 136 cm³/mol. The van der Waals surface area contributed by atoms with E-state index in [-0.39, 0.29) is 12.2 Å². The lowest BCUT2D eigenvalue weighted by molar-refractivity contribution is -0.139. The molecule has 0 amide bonds. The van der Waals surface area contributed by atoms with Crippen molar-refractivity contribution in [2.75, 3.05) is 13.2 Å². The molecule has 1 aromatic heterocycles. The van der Waals surface area contributed by atoms with Crippen LogP contribution >= 0.6 is 11.3 Å². The maximum absolute atomic E-state index is 13.6. The number of aromatic nitrogens is 1. The first kappa shape index (κ1) is 25.1. The number of ether oxygens (including phenoxy) is 3. The van der Waals surface area contributed by atoms with Crippen LogP contribution in [0.4, 0.5) is 0 Å². The van der Waals surface area contributed by atoms with Gasteiger partial charge in [0.2, 0.25) is 0 Å². The van der Waals surface area contributed by atoms with Crippen molar-refractivity contribution in [3.63, 3.8) is 0 Å². The maximum Gasteiger partial charge on any atom is 0.338 e. The zero-order chi connectivity index (χ0) is 25.8. The Morgan fingerprint density at radius 1 is 1.03 bits per heavy atom. The summed E-state index contributed by atoms with van der Waals surface area (Å²) in [6.07, 6.45) is 1.75. The van der Waals surface area contributed by atoms with Crippen molar-refractivity contribution in [1.29, 1.82) is 0 Å². The number of nitrogens with zero attached hydrogens (tertiary/aromatic N) is 2. The number of hydrogen-bond donors (Lipinski definition) is 0. The van der Waals surface area contributed by atoms with Crippen molar-refractivity contribution >= 4 is 29.4 Å². The van der Waals surface area contributed by atoms with Crippen molar-refractivity contribution in [2.24, 2.45) is 4.99 Å². The first-order valence-electron chi connectivity index (χ1n) is 11.5. The molecule has 186 valence electrons. The van der Waals surface area contributed by atoms with Crippen LogP contribution in [0.3, 0.4) is 0 Å². The van der Waals surface area contributed by atoms with Crippen LogP contribution in [-0.2, 0) is 14.3 Å². The fraction of sp³-hybridized carbons (Fsp3) is 0.259.